The first kappa shape index (κ1) is 17.9. The molecule has 0 aliphatic heterocycles. The van der Waals surface area contributed by atoms with Crippen molar-refractivity contribution in [1.82, 2.24) is 25.3 Å². The number of benzene rings is 1. The molecule has 146 valence electrons. The Morgan fingerprint density at radius 3 is 2.77 bits per heavy atom. The summed E-state index contributed by atoms with van der Waals surface area (Å²) in [5.74, 6) is -0.131. The maximum Gasteiger partial charge on any atom is 0.243 e. The molecule has 0 aliphatic carbocycles. The first-order valence-electron chi connectivity index (χ1n) is 9.63. The lowest BCUT2D eigenvalue weighted by Gasteiger charge is -2.05. The summed E-state index contributed by atoms with van der Waals surface area (Å²) in [6.07, 6.45) is 10.9. The van der Waals surface area contributed by atoms with E-state index in [1.807, 2.05) is 61.2 Å². The molecule has 0 saturated heterocycles. The molecule has 4 heterocycles. The van der Waals surface area contributed by atoms with Gasteiger partial charge < -0.3 is 15.3 Å². The highest BCUT2D eigenvalue weighted by atomic mass is 16.1. The Kier molecular flexibility index (Phi) is 4.37. The molecule has 0 bridgehead atoms. The molecule has 1 amide bonds. The predicted octanol–water partition coefficient (Wildman–Crippen LogP) is 4.53. The van der Waals surface area contributed by atoms with Crippen LogP contribution in [-0.4, -0.2) is 32.9 Å². The molecule has 0 radical (unpaired) electrons. The monoisotopic (exact) mass is 393 g/mol. The summed E-state index contributed by atoms with van der Waals surface area (Å²) in [6, 6.07) is 14.2. The lowest BCUT2D eigenvalue weighted by Crippen LogP contribution is -2.13. The van der Waals surface area contributed by atoms with Crippen LogP contribution in [0.15, 0.2) is 73.3 Å². The summed E-state index contributed by atoms with van der Waals surface area (Å²) in [7, 11) is 1.61. The van der Waals surface area contributed by atoms with Crippen molar-refractivity contribution < 1.29 is 4.79 Å². The highest BCUT2D eigenvalue weighted by Crippen LogP contribution is 2.34. The van der Waals surface area contributed by atoms with Gasteiger partial charge in [-0.1, -0.05) is 18.2 Å². The second-order valence-corrected chi connectivity index (χ2v) is 6.99. The maximum absolute atomic E-state index is 11.5. The Morgan fingerprint density at radius 1 is 0.967 bits per heavy atom. The van der Waals surface area contributed by atoms with Gasteiger partial charge in [-0.2, -0.15) is 0 Å². The molecule has 4 aromatic heterocycles. The van der Waals surface area contributed by atoms with E-state index in [1.54, 1.807) is 13.1 Å². The summed E-state index contributed by atoms with van der Waals surface area (Å²) in [4.78, 5) is 26.9. The third kappa shape index (κ3) is 3.14. The van der Waals surface area contributed by atoms with E-state index in [2.05, 4.69) is 31.3 Å². The maximum atomic E-state index is 11.5. The van der Waals surface area contributed by atoms with Crippen LogP contribution in [0, 0.1) is 0 Å². The van der Waals surface area contributed by atoms with E-state index < -0.39 is 0 Å². The minimum absolute atomic E-state index is 0.131. The number of H-pyrrole nitrogens is 2. The van der Waals surface area contributed by atoms with Crippen LogP contribution in [0.25, 0.3) is 50.4 Å². The summed E-state index contributed by atoms with van der Waals surface area (Å²) in [5, 5.41) is 4.71. The Labute approximate surface area is 172 Å². The van der Waals surface area contributed by atoms with Crippen LogP contribution in [0.5, 0.6) is 0 Å². The second-order valence-electron chi connectivity index (χ2n) is 6.99. The summed E-state index contributed by atoms with van der Waals surface area (Å²) >= 11 is 0. The predicted molar refractivity (Wildman–Crippen MR) is 120 cm³/mol. The van der Waals surface area contributed by atoms with Crippen LogP contribution < -0.4 is 5.32 Å². The largest absolute Gasteiger partial charge is 0.356 e. The van der Waals surface area contributed by atoms with E-state index in [4.69, 9.17) is 0 Å². The Bertz CT molecular complexity index is 1410. The van der Waals surface area contributed by atoms with E-state index in [9.17, 15) is 4.79 Å². The molecule has 3 N–H and O–H groups in total. The number of hydrogen-bond acceptors (Lipinski definition) is 3. The lowest BCUT2D eigenvalue weighted by atomic mass is 10.00. The van der Waals surface area contributed by atoms with Gasteiger partial charge in [0, 0.05) is 59.8 Å². The van der Waals surface area contributed by atoms with Crippen molar-refractivity contribution in [3.05, 3.63) is 78.9 Å². The fraction of sp³-hybridized carbons (Fsp3) is 0.0417. The molecular weight excluding hydrogens is 374 g/mol. The Hall–Kier alpha value is -4.19. The molecule has 0 atom stereocenters. The molecule has 0 fully saturated rings. The average Bonchev–Trinajstić information content (AvgIpc) is 3.44. The number of fused-ring (bicyclic) bond motifs is 2. The quantitative estimate of drug-likeness (QED) is 0.392. The van der Waals surface area contributed by atoms with Gasteiger partial charge in [-0.15, -0.1) is 0 Å². The van der Waals surface area contributed by atoms with E-state index in [0.29, 0.717) is 0 Å². The third-order valence-electron chi connectivity index (χ3n) is 5.17. The molecule has 0 unspecified atom stereocenters. The van der Waals surface area contributed by atoms with Crippen molar-refractivity contribution in [3.8, 4) is 22.3 Å². The number of likely N-dealkylation sites (N-methyl/N-ethyl adjacent to an activating group) is 1. The Morgan fingerprint density at radius 2 is 1.87 bits per heavy atom. The number of pyridine rings is 2. The highest BCUT2D eigenvalue weighted by molar-refractivity contribution is 6.03. The number of aromatic nitrogens is 4. The number of aromatic amines is 2. The normalized spacial score (nSPS) is 11.5. The number of rotatable bonds is 4. The first-order chi connectivity index (χ1) is 14.7. The topological polar surface area (TPSA) is 86.5 Å². The number of nitrogens with one attached hydrogen (secondary N) is 3. The van der Waals surface area contributed by atoms with Crippen molar-refractivity contribution in [2.75, 3.05) is 7.05 Å². The molecule has 6 heteroatoms. The molecule has 5 rings (SSSR count). The number of amides is 1. The molecule has 6 nitrogen and oxygen atoms in total. The first-order valence-corrected chi connectivity index (χ1v) is 9.63. The fourth-order valence-electron chi connectivity index (χ4n) is 3.66. The van der Waals surface area contributed by atoms with E-state index >= 15 is 0 Å². The van der Waals surface area contributed by atoms with Crippen molar-refractivity contribution >= 4 is 34.1 Å². The minimum Gasteiger partial charge on any atom is -0.356 e. The van der Waals surface area contributed by atoms with Crippen molar-refractivity contribution in [2.24, 2.45) is 0 Å². The van der Waals surface area contributed by atoms with Crippen molar-refractivity contribution in [1.29, 1.82) is 0 Å². The van der Waals surface area contributed by atoms with Gasteiger partial charge in [0.1, 0.15) is 11.3 Å². The van der Waals surface area contributed by atoms with Gasteiger partial charge in [-0.3, -0.25) is 4.79 Å². The zero-order chi connectivity index (χ0) is 20.5. The summed E-state index contributed by atoms with van der Waals surface area (Å²) < 4.78 is 0. The van der Waals surface area contributed by atoms with Gasteiger partial charge in [0.25, 0.3) is 0 Å². The van der Waals surface area contributed by atoms with Gasteiger partial charge in [0.2, 0.25) is 5.91 Å². The number of carbonyl (C=O) groups excluding carboxylic acids is 1. The molecule has 0 spiro atoms. The molecule has 5 aromatic rings. The molecule has 30 heavy (non-hydrogen) atoms. The van der Waals surface area contributed by atoms with Gasteiger partial charge in [-0.05, 0) is 47.0 Å². The summed E-state index contributed by atoms with van der Waals surface area (Å²) in [6.45, 7) is 0. The van der Waals surface area contributed by atoms with E-state index in [1.165, 1.54) is 6.08 Å². The summed E-state index contributed by atoms with van der Waals surface area (Å²) in [5.41, 5.74) is 6.89. The number of hydrogen-bond donors (Lipinski definition) is 3. The second kappa shape index (κ2) is 7.33. The van der Waals surface area contributed by atoms with Crippen molar-refractivity contribution in [3.63, 3.8) is 0 Å². The van der Waals surface area contributed by atoms with Crippen LogP contribution in [0.2, 0.25) is 0 Å². The Balaban J connectivity index is 1.59. The van der Waals surface area contributed by atoms with Gasteiger partial charge in [0.05, 0.1) is 0 Å². The zero-order valence-corrected chi connectivity index (χ0v) is 16.3. The molecule has 0 aliphatic rings. The minimum atomic E-state index is -0.131. The van der Waals surface area contributed by atoms with E-state index in [-0.39, 0.29) is 5.91 Å². The fourth-order valence-corrected chi connectivity index (χ4v) is 3.66. The number of nitrogens with zero attached hydrogens (tertiary/aromatic N) is 2. The standard InChI is InChI=1S/C24H19N5O/c1-25-22(30)6-5-15-3-2-4-16(11-15)17-12-20-21(14-29-24(20)28-13-17)18-7-9-26-23-19(18)8-10-27-23/h2-14H,1H3,(H,25,30)(H,26,27)(H,28,29). The van der Waals surface area contributed by atoms with Gasteiger partial charge in [0.15, 0.2) is 0 Å². The van der Waals surface area contributed by atoms with E-state index in [0.717, 1.165) is 49.9 Å². The highest BCUT2D eigenvalue weighted by Gasteiger charge is 2.12. The lowest BCUT2D eigenvalue weighted by molar-refractivity contribution is -0.115. The number of carbonyl (C=O) groups is 1. The zero-order valence-electron chi connectivity index (χ0n) is 16.3. The van der Waals surface area contributed by atoms with Crippen molar-refractivity contribution in [2.45, 2.75) is 0 Å². The smallest absolute Gasteiger partial charge is 0.243 e. The van der Waals surface area contributed by atoms with Crippen LogP contribution in [0.1, 0.15) is 5.56 Å². The van der Waals surface area contributed by atoms with Crippen LogP contribution in [0.3, 0.4) is 0 Å². The van der Waals surface area contributed by atoms with Gasteiger partial charge >= 0.3 is 0 Å². The van der Waals surface area contributed by atoms with Gasteiger partial charge in [-0.25, -0.2) is 9.97 Å². The molecular formula is C24H19N5O. The van der Waals surface area contributed by atoms with Crippen LogP contribution in [0.4, 0.5) is 0 Å². The SMILES string of the molecule is CNC(=O)C=Cc1cccc(-c2cnc3[nH]cc(-c4ccnc5[nH]ccc45)c3c2)c1. The van der Waals surface area contributed by atoms with Crippen LogP contribution >= 0.6 is 0 Å². The molecule has 0 saturated carbocycles. The third-order valence-corrected chi connectivity index (χ3v) is 5.17. The molecule has 1 aromatic carbocycles. The van der Waals surface area contributed by atoms with Crippen LogP contribution in [-0.2, 0) is 4.79 Å². The average molecular weight is 393 g/mol.